The molecule has 0 saturated carbocycles. The van der Waals surface area contributed by atoms with Gasteiger partial charge in [-0.1, -0.05) is 36.4 Å². The lowest BCUT2D eigenvalue weighted by Crippen LogP contribution is -2.30. The lowest BCUT2D eigenvalue weighted by atomic mass is 10.1. The maximum atomic E-state index is 13.7. The number of methoxy groups -OCH3 is 3. The van der Waals surface area contributed by atoms with E-state index in [1.165, 1.54) is 39.2 Å². The molecule has 1 unspecified atom stereocenters. The molecule has 0 aliphatic rings. The smallest absolute Gasteiger partial charge is 0.272 e. The van der Waals surface area contributed by atoms with Crippen LogP contribution in [0, 0.1) is 13.8 Å². The number of carbonyl (C=O) groups excluding carboxylic acids is 3. The van der Waals surface area contributed by atoms with Gasteiger partial charge in [0.25, 0.3) is 11.8 Å². The first-order valence-electron chi connectivity index (χ1n) is 14.5. The molecule has 238 valence electrons. The van der Waals surface area contributed by atoms with Crippen LogP contribution in [0.3, 0.4) is 0 Å². The summed E-state index contributed by atoms with van der Waals surface area (Å²) in [6.07, 6.45) is 1.53. The number of amides is 3. The van der Waals surface area contributed by atoms with Crippen molar-refractivity contribution < 1.29 is 28.6 Å². The van der Waals surface area contributed by atoms with Gasteiger partial charge in [0.2, 0.25) is 11.7 Å². The highest BCUT2D eigenvalue weighted by Crippen LogP contribution is 2.38. The topological polar surface area (TPSA) is 115 Å². The van der Waals surface area contributed by atoms with E-state index < -0.39 is 17.1 Å². The molecule has 0 heterocycles. The van der Waals surface area contributed by atoms with Crippen molar-refractivity contribution in [3.8, 4) is 17.2 Å². The number of hydrogen-bond donors (Lipinski definition) is 3. The van der Waals surface area contributed by atoms with Gasteiger partial charge in [-0.2, -0.15) is 0 Å². The molecular weight excluding hydrogens is 602 g/mol. The van der Waals surface area contributed by atoms with Crippen molar-refractivity contribution in [1.29, 1.82) is 0 Å². The van der Waals surface area contributed by atoms with E-state index in [9.17, 15) is 14.4 Å². The Morgan fingerprint density at radius 2 is 1.46 bits per heavy atom. The minimum Gasteiger partial charge on any atom is -0.493 e. The number of benzene rings is 4. The summed E-state index contributed by atoms with van der Waals surface area (Å²) in [6.45, 7) is 5.80. The molecule has 3 N–H and O–H groups in total. The molecule has 0 aliphatic heterocycles. The van der Waals surface area contributed by atoms with Crippen LogP contribution >= 0.6 is 11.8 Å². The summed E-state index contributed by atoms with van der Waals surface area (Å²) < 4.78 is 16.3. The number of aryl methyl sites for hydroxylation is 1. The van der Waals surface area contributed by atoms with Crippen LogP contribution in [0.5, 0.6) is 17.2 Å². The second-order valence-corrected chi connectivity index (χ2v) is 11.7. The number of ether oxygens (including phenoxy) is 3. The summed E-state index contributed by atoms with van der Waals surface area (Å²) >= 11 is 1.37. The molecule has 4 aromatic rings. The Bertz CT molecular complexity index is 1730. The lowest BCUT2D eigenvalue weighted by molar-refractivity contribution is -0.115. The first-order valence-corrected chi connectivity index (χ1v) is 15.3. The second kappa shape index (κ2) is 15.7. The fourth-order valence-corrected chi connectivity index (χ4v) is 5.44. The zero-order chi connectivity index (χ0) is 33.2. The molecule has 3 amide bonds. The lowest BCUT2D eigenvalue weighted by Gasteiger charge is -2.16. The van der Waals surface area contributed by atoms with E-state index in [4.69, 9.17) is 14.2 Å². The quantitative estimate of drug-likeness (QED) is 0.115. The SMILES string of the molecule is COc1cc(/C=C(/NC(=O)c2ccccc2)C(=O)Nc2cccc(SC(C)C(=O)Nc3cccc(C)c3C)c2)cc(OC)c1OC. The van der Waals surface area contributed by atoms with Crippen LogP contribution in [0.1, 0.15) is 34.0 Å². The molecule has 0 aromatic heterocycles. The first-order chi connectivity index (χ1) is 22.1. The molecule has 0 bridgehead atoms. The van der Waals surface area contributed by atoms with Crippen molar-refractivity contribution in [2.24, 2.45) is 0 Å². The number of anilines is 2. The van der Waals surface area contributed by atoms with Gasteiger partial charge in [-0.15, -0.1) is 11.8 Å². The number of thioether (sulfide) groups is 1. The van der Waals surface area contributed by atoms with Crippen molar-refractivity contribution in [2.45, 2.75) is 30.9 Å². The fourth-order valence-electron chi connectivity index (χ4n) is 4.52. The molecule has 0 aliphatic carbocycles. The third kappa shape index (κ3) is 8.48. The van der Waals surface area contributed by atoms with Crippen LogP contribution in [0.25, 0.3) is 6.08 Å². The van der Waals surface area contributed by atoms with E-state index in [-0.39, 0.29) is 11.6 Å². The molecule has 9 nitrogen and oxygen atoms in total. The van der Waals surface area contributed by atoms with Gasteiger partial charge in [0.05, 0.1) is 26.6 Å². The largest absolute Gasteiger partial charge is 0.493 e. The Morgan fingerprint density at radius 1 is 0.783 bits per heavy atom. The molecule has 4 aromatic carbocycles. The van der Waals surface area contributed by atoms with Crippen molar-refractivity contribution in [3.63, 3.8) is 0 Å². The van der Waals surface area contributed by atoms with Crippen LogP contribution in [0.15, 0.2) is 95.5 Å². The van der Waals surface area contributed by atoms with Gasteiger partial charge in [0, 0.05) is 21.8 Å². The minimum atomic E-state index is -0.555. The number of rotatable bonds is 12. The van der Waals surface area contributed by atoms with Crippen LogP contribution in [-0.4, -0.2) is 44.3 Å². The summed E-state index contributed by atoms with van der Waals surface area (Å²) in [5, 5.41) is 8.21. The van der Waals surface area contributed by atoms with Crippen molar-refractivity contribution in [1.82, 2.24) is 5.32 Å². The summed E-state index contributed by atoms with van der Waals surface area (Å²) in [6, 6.07) is 24.9. The zero-order valence-electron chi connectivity index (χ0n) is 26.6. The van der Waals surface area contributed by atoms with E-state index in [0.29, 0.717) is 34.1 Å². The minimum absolute atomic E-state index is 0.0116. The molecule has 46 heavy (non-hydrogen) atoms. The average Bonchev–Trinajstić information content (AvgIpc) is 3.06. The number of carbonyl (C=O) groups is 3. The summed E-state index contributed by atoms with van der Waals surface area (Å²) in [7, 11) is 4.49. The van der Waals surface area contributed by atoms with Gasteiger partial charge in [-0.25, -0.2) is 0 Å². The van der Waals surface area contributed by atoms with Gasteiger partial charge in [0.1, 0.15) is 5.70 Å². The van der Waals surface area contributed by atoms with Crippen molar-refractivity contribution in [2.75, 3.05) is 32.0 Å². The standard InChI is InChI=1S/C36H37N3O6S/c1-22-12-10-17-29(23(22)2)38-34(40)24(3)46-28-16-11-15-27(21-28)37-36(42)30(39-35(41)26-13-8-7-9-14-26)18-25-19-31(43-4)33(45-6)32(20-25)44-5/h7-21,24H,1-6H3,(H,37,42)(H,38,40)(H,39,41)/b30-18+. The molecule has 0 saturated heterocycles. The van der Waals surface area contributed by atoms with Crippen LogP contribution in [0.2, 0.25) is 0 Å². The Labute approximate surface area is 273 Å². The van der Waals surface area contributed by atoms with Gasteiger partial charge >= 0.3 is 0 Å². The molecule has 0 radical (unpaired) electrons. The van der Waals surface area contributed by atoms with Crippen LogP contribution in [-0.2, 0) is 9.59 Å². The van der Waals surface area contributed by atoms with Crippen molar-refractivity contribution in [3.05, 3.63) is 113 Å². The highest BCUT2D eigenvalue weighted by Gasteiger charge is 2.19. The van der Waals surface area contributed by atoms with Crippen molar-refractivity contribution >= 4 is 46.9 Å². The molecule has 10 heteroatoms. The van der Waals surface area contributed by atoms with Gasteiger partial charge in [-0.3, -0.25) is 14.4 Å². The van der Waals surface area contributed by atoms with E-state index in [1.807, 2.05) is 45.0 Å². The normalized spacial score (nSPS) is 11.7. The van der Waals surface area contributed by atoms with E-state index in [2.05, 4.69) is 16.0 Å². The summed E-state index contributed by atoms with van der Waals surface area (Å²) in [5.41, 5.74) is 4.29. The van der Waals surface area contributed by atoms with E-state index >= 15 is 0 Å². The third-order valence-corrected chi connectivity index (χ3v) is 8.26. The predicted molar refractivity (Wildman–Crippen MR) is 183 cm³/mol. The first kappa shape index (κ1) is 33.7. The Kier molecular flexibility index (Phi) is 11.5. The highest BCUT2D eigenvalue weighted by atomic mass is 32.2. The molecule has 1 atom stereocenters. The van der Waals surface area contributed by atoms with Crippen LogP contribution < -0.4 is 30.2 Å². The fraction of sp³-hybridized carbons (Fsp3) is 0.194. The predicted octanol–water partition coefficient (Wildman–Crippen LogP) is 6.86. The van der Waals surface area contributed by atoms with Crippen LogP contribution in [0.4, 0.5) is 11.4 Å². The Morgan fingerprint density at radius 3 is 2.11 bits per heavy atom. The average molecular weight is 640 g/mol. The summed E-state index contributed by atoms with van der Waals surface area (Å²) in [4.78, 5) is 40.5. The number of hydrogen-bond acceptors (Lipinski definition) is 7. The van der Waals surface area contributed by atoms with Gasteiger partial charge in [0.15, 0.2) is 11.5 Å². The third-order valence-electron chi connectivity index (χ3n) is 7.16. The Hall–Kier alpha value is -5.22. The maximum absolute atomic E-state index is 13.7. The van der Waals surface area contributed by atoms with Gasteiger partial charge in [-0.05, 0) is 92.1 Å². The molecular formula is C36H37N3O6S. The number of nitrogens with one attached hydrogen (secondary N) is 3. The monoisotopic (exact) mass is 639 g/mol. The molecule has 0 spiro atoms. The highest BCUT2D eigenvalue weighted by molar-refractivity contribution is 8.00. The second-order valence-electron chi connectivity index (χ2n) is 10.3. The molecule has 0 fully saturated rings. The molecule has 4 rings (SSSR count). The Balaban J connectivity index is 1.57. The zero-order valence-corrected chi connectivity index (χ0v) is 27.4. The maximum Gasteiger partial charge on any atom is 0.272 e. The van der Waals surface area contributed by atoms with Gasteiger partial charge < -0.3 is 30.2 Å². The summed E-state index contributed by atoms with van der Waals surface area (Å²) in [5.74, 6) is 0.0359. The van der Waals surface area contributed by atoms with E-state index in [1.54, 1.807) is 60.7 Å². The van der Waals surface area contributed by atoms with E-state index in [0.717, 1.165) is 21.7 Å².